The molecule has 0 spiro atoms. The fraction of sp³-hybridized carbons (Fsp3) is 0.333. The van der Waals surface area contributed by atoms with Crippen molar-refractivity contribution in [1.29, 1.82) is 0 Å². The Morgan fingerprint density at radius 3 is 2.59 bits per heavy atom. The quantitative estimate of drug-likeness (QED) is 0.623. The molecule has 0 fully saturated rings. The summed E-state index contributed by atoms with van der Waals surface area (Å²) in [6, 6.07) is -0.0703. The molecule has 0 aliphatic heterocycles. The Bertz CT molecular complexity index is 439. The van der Waals surface area contributed by atoms with E-state index in [-0.39, 0.29) is 0 Å². The molecule has 0 saturated carbocycles. The van der Waals surface area contributed by atoms with Gasteiger partial charge in [-0.3, -0.25) is 10.1 Å². The van der Waals surface area contributed by atoms with Crippen molar-refractivity contribution in [3.05, 3.63) is 39.7 Å². The van der Waals surface area contributed by atoms with Gasteiger partial charge in [0.05, 0.1) is 10.5 Å². The van der Waals surface area contributed by atoms with Crippen LogP contribution in [0.1, 0.15) is 11.6 Å². The summed E-state index contributed by atoms with van der Waals surface area (Å²) in [5.74, 6) is -4.69. The molecule has 1 aromatic rings. The largest absolute Gasteiger partial charge is 0.390 e. The summed E-state index contributed by atoms with van der Waals surface area (Å²) in [5.41, 5.74) is 3.74. The molecule has 0 unspecified atom stereocenters. The van der Waals surface area contributed by atoms with E-state index in [4.69, 9.17) is 10.8 Å². The Hall–Kier alpha value is -1.67. The third-order valence-electron chi connectivity index (χ3n) is 2.19. The van der Waals surface area contributed by atoms with E-state index in [1.54, 1.807) is 0 Å². The minimum atomic E-state index is -3.77. The molecule has 0 bridgehead atoms. The van der Waals surface area contributed by atoms with E-state index >= 15 is 0 Å². The van der Waals surface area contributed by atoms with Crippen molar-refractivity contribution >= 4 is 5.69 Å². The van der Waals surface area contributed by atoms with Gasteiger partial charge in [-0.15, -0.1) is 0 Å². The maximum absolute atomic E-state index is 13.1. The molecular weight excluding hydrogens is 241 g/mol. The lowest BCUT2D eigenvalue weighted by Crippen LogP contribution is -2.36. The second-order valence-electron chi connectivity index (χ2n) is 3.36. The highest BCUT2D eigenvalue weighted by Crippen LogP contribution is 2.34. The molecule has 8 heteroatoms. The Balaban J connectivity index is 3.29. The molecule has 0 amide bonds. The zero-order chi connectivity index (χ0) is 13.2. The van der Waals surface area contributed by atoms with Crippen LogP contribution in [-0.2, 0) is 0 Å². The van der Waals surface area contributed by atoms with Gasteiger partial charge in [0, 0.05) is 6.07 Å². The Kier molecular flexibility index (Phi) is 3.69. The fourth-order valence-corrected chi connectivity index (χ4v) is 1.27. The van der Waals surface area contributed by atoms with Gasteiger partial charge in [0.1, 0.15) is 18.5 Å². The number of hydrogen-bond acceptors (Lipinski definition) is 4. The maximum Gasteiger partial charge on any atom is 0.289 e. The monoisotopic (exact) mass is 250 g/mol. The average Bonchev–Trinajstić information content (AvgIpc) is 2.27. The molecule has 0 aromatic heterocycles. The van der Waals surface area contributed by atoms with Gasteiger partial charge in [-0.1, -0.05) is 0 Å². The first-order valence-corrected chi connectivity index (χ1v) is 4.47. The van der Waals surface area contributed by atoms with Crippen LogP contribution in [0.25, 0.3) is 0 Å². The lowest BCUT2D eigenvalue weighted by atomic mass is 10.00. The van der Waals surface area contributed by atoms with Crippen LogP contribution in [0.3, 0.4) is 0 Å². The van der Waals surface area contributed by atoms with Crippen LogP contribution in [0.5, 0.6) is 0 Å². The van der Waals surface area contributed by atoms with Crippen LogP contribution < -0.4 is 5.73 Å². The third kappa shape index (κ3) is 2.71. The predicted octanol–water partition coefficient (Wildman–Crippen LogP) is 1.36. The Labute approximate surface area is 93.8 Å². The molecule has 0 aliphatic rings. The minimum Gasteiger partial charge on any atom is -0.390 e. The van der Waals surface area contributed by atoms with Crippen LogP contribution in [0.15, 0.2) is 18.2 Å². The van der Waals surface area contributed by atoms with Crippen molar-refractivity contribution in [3.63, 3.8) is 0 Å². The number of alkyl halides is 2. The smallest absolute Gasteiger partial charge is 0.289 e. The third-order valence-corrected chi connectivity index (χ3v) is 2.19. The lowest BCUT2D eigenvalue weighted by molar-refractivity contribution is -0.386. The summed E-state index contributed by atoms with van der Waals surface area (Å²) in [4.78, 5) is 9.63. The second-order valence-corrected chi connectivity index (χ2v) is 3.36. The van der Waals surface area contributed by atoms with Crippen molar-refractivity contribution in [2.45, 2.75) is 12.0 Å². The van der Waals surface area contributed by atoms with Crippen molar-refractivity contribution in [3.8, 4) is 0 Å². The first kappa shape index (κ1) is 13.4. The van der Waals surface area contributed by atoms with E-state index in [2.05, 4.69) is 0 Å². The summed E-state index contributed by atoms with van der Waals surface area (Å²) >= 11 is 0. The SMILES string of the molecule is N[C@H](c1cc(F)ccc1[N+](=O)[O-])C(F)(F)CO. The lowest BCUT2D eigenvalue weighted by Gasteiger charge is -2.21. The number of rotatable bonds is 4. The van der Waals surface area contributed by atoms with Crippen LogP contribution in [-0.4, -0.2) is 22.6 Å². The summed E-state index contributed by atoms with van der Waals surface area (Å²) in [6.45, 7) is -1.58. The van der Waals surface area contributed by atoms with E-state index < -0.39 is 40.6 Å². The van der Waals surface area contributed by atoms with E-state index in [1.807, 2.05) is 0 Å². The van der Waals surface area contributed by atoms with Crippen LogP contribution in [0.4, 0.5) is 18.9 Å². The molecule has 0 saturated heterocycles. The van der Waals surface area contributed by atoms with Gasteiger partial charge in [-0.25, -0.2) is 13.2 Å². The Morgan fingerprint density at radius 1 is 1.53 bits per heavy atom. The molecule has 94 valence electrons. The number of nitro groups is 1. The highest BCUT2D eigenvalue weighted by molar-refractivity contribution is 5.43. The fourth-order valence-electron chi connectivity index (χ4n) is 1.27. The van der Waals surface area contributed by atoms with E-state index in [1.165, 1.54) is 0 Å². The molecule has 5 nitrogen and oxygen atoms in total. The number of aliphatic hydroxyl groups is 1. The van der Waals surface area contributed by atoms with E-state index in [0.717, 1.165) is 12.1 Å². The number of benzene rings is 1. The maximum atomic E-state index is 13.1. The topological polar surface area (TPSA) is 89.4 Å². The molecule has 1 atom stereocenters. The van der Waals surface area contributed by atoms with Crippen molar-refractivity contribution < 1.29 is 23.2 Å². The van der Waals surface area contributed by atoms with Gasteiger partial charge >= 0.3 is 0 Å². The van der Waals surface area contributed by atoms with Gasteiger partial charge < -0.3 is 10.8 Å². The molecule has 0 aliphatic carbocycles. The molecule has 1 rings (SSSR count). The molecular formula is C9H9F3N2O3. The zero-order valence-corrected chi connectivity index (χ0v) is 8.44. The highest BCUT2D eigenvalue weighted by Gasteiger charge is 2.40. The van der Waals surface area contributed by atoms with Gasteiger partial charge in [0.25, 0.3) is 11.6 Å². The minimum absolute atomic E-state index is 0.562. The number of nitrogens with two attached hydrogens (primary N) is 1. The second kappa shape index (κ2) is 4.68. The van der Waals surface area contributed by atoms with E-state index in [0.29, 0.717) is 6.07 Å². The highest BCUT2D eigenvalue weighted by atomic mass is 19.3. The van der Waals surface area contributed by atoms with Gasteiger partial charge in [0.15, 0.2) is 0 Å². The molecule has 1 aromatic carbocycles. The first-order valence-electron chi connectivity index (χ1n) is 4.47. The number of hydrogen-bond donors (Lipinski definition) is 2. The predicted molar refractivity (Wildman–Crippen MR) is 52.0 cm³/mol. The van der Waals surface area contributed by atoms with Crippen LogP contribution in [0.2, 0.25) is 0 Å². The molecule has 0 radical (unpaired) electrons. The van der Waals surface area contributed by atoms with Crippen LogP contribution >= 0.6 is 0 Å². The number of nitrogens with zero attached hydrogens (tertiary/aromatic N) is 1. The van der Waals surface area contributed by atoms with E-state index in [9.17, 15) is 23.3 Å². The molecule has 17 heavy (non-hydrogen) atoms. The molecule has 0 heterocycles. The van der Waals surface area contributed by atoms with Gasteiger partial charge in [0.2, 0.25) is 0 Å². The van der Waals surface area contributed by atoms with Crippen molar-refractivity contribution in [1.82, 2.24) is 0 Å². The van der Waals surface area contributed by atoms with Crippen molar-refractivity contribution in [2.75, 3.05) is 6.61 Å². The Morgan fingerprint density at radius 2 is 2.12 bits per heavy atom. The van der Waals surface area contributed by atoms with Gasteiger partial charge in [-0.2, -0.15) is 0 Å². The summed E-state index contributed by atoms with van der Waals surface area (Å²) < 4.78 is 39.1. The molecule has 3 N–H and O–H groups in total. The summed E-state index contributed by atoms with van der Waals surface area (Å²) in [7, 11) is 0. The number of aliphatic hydroxyl groups excluding tert-OH is 1. The number of halogens is 3. The summed E-state index contributed by atoms with van der Waals surface area (Å²) in [5, 5.41) is 19.0. The van der Waals surface area contributed by atoms with Gasteiger partial charge in [-0.05, 0) is 12.1 Å². The average molecular weight is 250 g/mol. The standard InChI is InChI=1S/C9H9F3N2O3/c10-5-1-2-7(14(16)17)6(3-5)8(13)9(11,12)4-15/h1-3,8,15H,4,13H2/t8-/m1/s1. The number of nitro benzene ring substituents is 1. The zero-order valence-electron chi connectivity index (χ0n) is 8.44. The van der Waals surface area contributed by atoms with Crippen molar-refractivity contribution in [2.24, 2.45) is 5.73 Å². The summed E-state index contributed by atoms with van der Waals surface area (Å²) in [6.07, 6.45) is 0. The van der Waals surface area contributed by atoms with Crippen LogP contribution in [0, 0.1) is 15.9 Å². The normalized spacial score (nSPS) is 13.5. The first-order chi connectivity index (χ1) is 7.79.